The van der Waals surface area contributed by atoms with Crippen LogP contribution in [0.15, 0.2) is 18.2 Å². The fraction of sp³-hybridized carbons (Fsp3) is 0.500. The Labute approximate surface area is 111 Å². The Kier molecular flexibility index (Phi) is 3.55. The first-order valence-electron chi connectivity index (χ1n) is 6.57. The highest BCUT2D eigenvalue weighted by Gasteiger charge is 2.22. The molecule has 1 fully saturated rings. The summed E-state index contributed by atoms with van der Waals surface area (Å²) in [5.41, 5.74) is 1.13. The van der Waals surface area contributed by atoms with Gasteiger partial charge in [0.15, 0.2) is 11.5 Å². The smallest absolute Gasteiger partial charge is 0.231 e. The van der Waals surface area contributed by atoms with E-state index in [9.17, 15) is 4.79 Å². The van der Waals surface area contributed by atoms with E-state index in [-0.39, 0.29) is 18.6 Å². The molecule has 1 N–H and O–H groups in total. The lowest BCUT2D eigenvalue weighted by Gasteiger charge is -2.09. The topological polar surface area (TPSA) is 56.8 Å². The van der Waals surface area contributed by atoms with Gasteiger partial charge in [0, 0.05) is 13.2 Å². The van der Waals surface area contributed by atoms with Gasteiger partial charge in [-0.05, 0) is 30.5 Å². The molecule has 3 rings (SSSR count). The Morgan fingerprint density at radius 3 is 3.05 bits per heavy atom. The minimum atomic E-state index is 0.0248. The molecule has 19 heavy (non-hydrogen) atoms. The fourth-order valence-electron chi connectivity index (χ4n) is 2.31. The zero-order valence-corrected chi connectivity index (χ0v) is 10.7. The van der Waals surface area contributed by atoms with Crippen molar-refractivity contribution in [3.05, 3.63) is 23.8 Å². The van der Waals surface area contributed by atoms with E-state index in [1.165, 1.54) is 0 Å². The molecule has 0 saturated carbocycles. The van der Waals surface area contributed by atoms with Crippen molar-refractivity contribution in [3.8, 4) is 11.5 Å². The molecule has 1 aromatic carbocycles. The molecule has 0 aliphatic carbocycles. The predicted molar refractivity (Wildman–Crippen MR) is 68.2 cm³/mol. The van der Waals surface area contributed by atoms with Crippen LogP contribution in [-0.2, 0) is 16.0 Å². The van der Waals surface area contributed by atoms with Crippen molar-refractivity contribution in [2.45, 2.75) is 12.8 Å². The fourth-order valence-corrected chi connectivity index (χ4v) is 2.31. The third-order valence-electron chi connectivity index (χ3n) is 3.45. The molecule has 1 unspecified atom stereocenters. The monoisotopic (exact) mass is 263 g/mol. The molecule has 1 atom stereocenters. The second-order valence-electron chi connectivity index (χ2n) is 4.79. The highest BCUT2D eigenvalue weighted by molar-refractivity contribution is 5.78. The third-order valence-corrected chi connectivity index (χ3v) is 3.45. The molecule has 0 radical (unpaired) electrons. The quantitative estimate of drug-likeness (QED) is 0.884. The molecular formula is C14H17NO4. The van der Waals surface area contributed by atoms with E-state index in [4.69, 9.17) is 14.2 Å². The number of fused-ring (bicyclic) bond motifs is 1. The second-order valence-corrected chi connectivity index (χ2v) is 4.79. The standard InChI is InChI=1S/C14H17NO4/c16-14(11-4-6-17-8-11)15-5-3-10-1-2-12-13(7-10)19-9-18-12/h1-2,7,11H,3-6,8-9H2,(H,15,16). The van der Waals surface area contributed by atoms with Crippen molar-refractivity contribution in [2.24, 2.45) is 5.92 Å². The molecule has 2 heterocycles. The van der Waals surface area contributed by atoms with Gasteiger partial charge in [0.1, 0.15) is 0 Å². The SMILES string of the molecule is O=C(NCCc1ccc2c(c1)OCO2)C1CCOC1. The summed E-state index contributed by atoms with van der Waals surface area (Å²) in [4.78, 5) is 11.8. The van der Waals surface area contributed by atoms with Gasteiger partial charge >= 0.3 is 0 Å². The van der Waals surface area contributed by atoms with Gasteiger partial charge in [0.05, 0.1) is 12.5 Å². The largest absolute Gasteiger partial charge is 0.454 e. The summed E-state index contributed by atoms with van der Waals surface area (Å²) < 4.78 is 15.8. The minimum absolute atomic E-state index is 0.0248. The van der Waals surface area contributed by atoms with Crippen LogP contribution in [-0.4, -0.2) is 32.5 Å². The molecule has 2 aliphatic rings. The van der Waals surface area contributed by atoms with E-state index >= 15 is 0 Å². The summed E-state index contributed by atoms with van der Waals surface area (Å²) in [5, 5.41) is 2.95. The van der Waals surface area contributed by atoms with Gasteiger partial charge in [-0.15, -0.1) is 0 Å². The van der Waals surface area contributed by atoms with E-state index in [0.717, 1.165) is 29.9 Å². The molecule has 0 aromatic heterocycles. The van der Waals surface area contributed by atoms with Gasteiger partial charge in [-0.2, -0.15) is 0 Å². The normalized spacial score (nSPS) is 20.5. The summed E-state index contributed by atoms with van der Waals surface area (Å²) in [6.45, 7) is 2.17. The highest BCUT2D eigenvalue weighted by Crippen LogP contribution is 2.32. The molecule has 1 aromatic rings. The van der Waals surface area contributed by atoms with Crippen LogP contribution in [0.25, 0.3) is 0 Å². The second kappa shape index (κ2) is 5.48. The van der Waals surface area contributed by atoms with E-state index < -0.39 is 0 Å². The van der Waals surface area contributed by atoms with E-state index in [2.05, 4.69) is 5.32 Å². The van der Waals surface area contributed by atoms with Gasteiger partial charge < -0.3 is 19.5 Å². The van der Waals surface area contributed by atoms with Crippen molar-refractivity contribution in [1.82, 2.24) is 5.32 Å². The lowest BCUT2D eigenvalue weighted by molar-refractivity contribution is -0.124. The number of rotatable bonds is 4. The average molecular weight is 263 g/mol. The zero-order chi connectivity index (χ0) is 13.1. The van der Waals surface area contributed by atoms with Crippen LogP contribution in [0.3, 0.4) is 0 Å². The van der Waals surface area contributed by atoms with Gasteiger partial charge in [-0.25, -0.2) is 0 Å². The van der Waals surface area contributed by atoms with E-state index in [0.29, 0.717) is 19.8 Å². The Balaban J connectivity index is 1.48. The molecule has 1 saturated heterocycles. The van der Waals surface area contributed by atoms with Crippen LogP contribution in [0.1, 0.15) is 12.0 Å². The summed E-state index contributed by atoms with van der Waals surface area (Å²) in [7, 11) is 0. The van der Waals surface area contributed by atoms with Gasteiger partial charge in [-0.3, -0.25) is 4.79 Å². The van der Waals surface area contributed by atoms with Crippen molar-refractivity contribution in [2.75, 3.05) is 26.6 Å². The summed E-state index contributed by atoms with van der Waals surface area (Å²) in [6.07, 6.45) is 1.62. The summed E-state index contributed by atoms with van der Waals surface area (Å²) >= 11 is 0. The lowest BCUT2D eigenvalue weighted by atomic mass is 10.1. The van der Waals surface area contributed by atoms with Crippen molar-refractivity contribution in [3.63, 3.8) is 0 Å². The molecule has 5 nitrogen and oxygen atoms in total. The van der Waals surface area contributed by atoms with Crippen LogP contribution in [0.4, 0.5) is 0 Å². The Morgan fingerprint density at radius 1 is 1.32 bits per heavy atom. The Morgan fingerprint density at radius 2 is 2.21 bits per heavy atom. The van der Waals surface area contributed by atoms with Crippen LogP contribution >= 0.6 is 0 Å². The van der Waals surface area contributed by atoms with Gasteiger partial charge in [0.25, 0.3) is 0 Å². The number of ether oxygens (including phenoxy) is 3. The number of hydrogen-bond acceptors (Lipinski definition) is 4. The first-order valence-corrected chi connectivity index (χ1v) is 6.57. The molecule has 5 heteroatoms. The van der Waals surface area contributed by atoms with Crippen LogP contribution in [0, 0.1) is 5.92 Å². The summed E-state index contributed by atoms with van der Waals surface area (Å²) in [5.74, 6) is 1.69. The third kappa shape index (κ3) is 2.81. The number of hydrogen-bond donors (Lipinski definition) is 1. The maximum absolute atomic E-state index is 11.8. The Hall–Kier alpha value is -1.75. The van der Waals surface area contributed by atoms with Crippen LogP contribution in [0.5, 0.6) is 11.5 Å². The number of carbonyl (C=O) groups is 1. The van der Waals surface area contributed by atoms with Crippen LogP contribution < -0.4 is 14.8 Å². The first kappa shape index (κ1) is 12.3. The number of benzene rings is 1. The maximum Gasteiger partial charge on any atom is 0.231 e. The number of carbonyl (C=O) groups excluding carboxylic acids is 1. The van der Waals surface area contributed by atoms with Crippen molar-refractivity contribution >= 4 is 5.91 Å². The lowest BCUT2D eigenvalue weighted by Crippen LogP contribution is -2.32. The molecule has 0 bridgehead atoms. The van der Waals surface area contributed by atoms with Crippen molar-refractivity contribution in [1.29, 1.82) is 0 Å². The molecular weight excluding hydrogens is 246 g/mol. The molecule has 2 aliphatic heterocycles. The van der Waals surface area contributed by atoms with E-state index in [1.54, 1.807) is 0 Å². The molecule has 102 valence electrons. The van der Waals surface area contributed by atoms with Crippen molar-refractivity contribution < 1.29 is 19.0 Å². The first-order chi connectivity index (χ1) is 9.33. The number of amides is 1. The van der Waals surface area contributed by atoms with E-state index in [1.807, 2.05) is 18.2 Å². The number of nitrogens with one attached hydrogen (secondary N) is 1. The molecule has 0 spiro atoms. The zero-order valence-electron chi connectivity index (χ0n) is 10.7. The molecule has 1 amide bonds. The average Bonchev–Trinajstić information content (AvgIpc) is 3.09. The Bertz CT molecular complexity index is 469. The maximum atomic E-state index is 11.8. The van der Waals surface area contributed by atoms with Gasteiger partial charge in [-0.1, -0.05) is 6.07 Å². The highest BCUT2D eigenvalue weighted by atomic mass is 16.7. The predicted octanol–water partition coefficient (Wildman–Crippen LogP) is 1.11. The minimum Gasteiger partial charge on any atom is -0.454 e. The van der Waals surface area contributed by atoms with Crippen LogP contribution in [0.2, 0.25) is 0 Å². The summed E-state index contributed by atoms with van der Waals surface area (Å²) in [6, 6.07) is 5.87. The van der Waals surface area contributed by atoms with Gasteiger partial charge in [0.2, 0.25) is 12.7 Å².